The highest BCUT2D eigenvalue weighted by Crippen LogP contribution is 2.24. The van der Waals surface area contributed by atoms with Gasteiger partial charge in [-0.05, 0) is 18.8 Å². The van der Waals surface area contributed by atoms with E-state index in [-0.39, 0.29) is 13.0 Å². The summed E-state index contributed by atoms with van der Waals surface area (Å²) in [5, 5.41) is 8.67. The molecule has 18 heavy (non-hydrogen) atoms. The van der Waals surface area contributed by atoms with Crippen molar-refractivity contribution in [2.24, 2.45) is 5.92 Å². The molecule has 0 heterocycles. The minimum atomic E-state index is -0.944. The van der Waals surface area contributed by atoms with Crippen LogP contribution in [0.15, 0.2) is 0 Å². The number of ketones is 1. The Bertz CT molecular complexity index is 321. The summed E-state index contributed by atoms with van der Waals surface area (Å²) in [6, 6.07) is 0. The summed E-state index contributed by atoms with van der Waals surface area (Å²) in [7, 11) is 0. The van der Waals surface area contributed by atoms with Gasteiger partial charge < -0.3 is 10.0 Å². The largest absolute Gasteiger partial charge is 0.481 e. The Hall–Kier alpha value is -1.39. The molecular formula is C13H21NO4. The molecule has 0 aromatic heterocycles. The lowest BCUT2D eigenvalue weighted by Gasteiger charge is -2.28. The lowest BCUT2D eigenvalue weighted by atomic mass is 9.89. The third-order valence-corrected chi connectivity index (χ3v) is 3.39. The number of carbonyl (C=O) groups excluding carboxylic acids is 2. The van der Waals surface area contributed by atoms with Crippen molar-refractivity contribution in [2.75, 3.05) is 13.1 Å². The molecule has 0 aliphatic heterocycles. The van der Waals surface area contributed by atoms with Crippen LogP contribution in [0.2, 0.25) is 0 Å². The zero-order valence-corrected chi connectivity index (χ0v) is 10.9. The van der Waals surface area contributed by atoms with Crippen LogP contribution in [0, 0.1) is 5.92 Å². The number of hydrogen-bond acceptors (Lipinski definition) is 3. The van der Waals surface area contributed by atoms with Gasteiger partial charge in [-0.1, -0.05) is 19.3 Å². The van der Waals surface area contributed by atoms with Crippen LogP contribution in [0.4, 0.5) is 0 Å². The first kappa shape index (κ1) is 14.7. The minimum absolute atomic E-state index is 0.105. The number of carboxylic acid groups (broad SMARTS) is 1. The number of nitrogens with zero attached hydrogens (tertiary/aromatic N) is 1. The van der Waals surface area contributed by atoms with Crippen LogP contribution in [-0.4, -0.2) is 40.8 Å². The molecule has 1 amide bonds. The Morgan fingerprint density at radius 3 is 2.28 bits per heavy atom. The second-order valence-electron chi connectivity index (χ2n) is 4.96. The smallest absolute Gasteiger partial charge is 0.305 e. The summed E-state index contributed by atoms with van der Waals surface area (Å²) in [5.41, 5.74) is 0. The van der Waals surface area contributed by atoms with Gasteiger partial charge in [-0.2, -0.15) is 0 Å². The van der Waals surface area contributed by atoms with Crippen molar-refractivity contribution in [2.45, 2.75) is 45.4 Å². The van der Waals surface area contributed by atoms with Gasteiger partial charge in [-0.25, -0.2) is 0 Å². The van der Waals surface area contributed by atoms with Gasteiger partial charge in [-0.3, -0.25) is 14.4 Å². The van der Waals surface area contributed by atoms with Crippen molar-refractivity contribution in [1.82, 2.24) is 4.90 Å². The molecule has 0 unspecified atom stereocenters. The maximum absolute atomic E-state index is 11.7. The molecule has 1 aliphatic carbocycles. The highest BCUT2D eigenvalue weighted by molar-refractivity contribution is 6.35. The van der Waals surface area contributed by atoms with Crippen LogP contribution in [0.5, 0.6) is 0 Å². The molecule has 0 bridgehead atoms. The fraction of sp³-hybridized carbons (Fsp3) is 0.769. The van der Waals surface area contributed by atoms with Crippen LogP contribution in [-0.2, 0) is 14.4 Å². The quantitative estimate of drug-likeness (QED) is 0.729. The molecule has 1 saturated carbocycles. The molecule has 102 valence electrons. The number of rotatable bonds is 6. The number of carboxylic acids is 1. The first-order chi connectivity index (χ1) is 8.50. The molecule has 0 aromatic carbocycles. The molecule has 5 nitrogen and oxygen atoms in total. The van der Waals surface area contributed by atoms with Crippen molar-refractivity contribution in [3.05, 3.63) is 0 Å². The van der Waals surface area contributed by atoms with E-state index in [1.54, 1.807) is 0 Å². The number of aliphatic carboxylic acids is 1. The molecule has 0 aromatic rings. The van der Waals surface area contributed by atoms with Gasteiger partial charge in [0.15, 0.2) is 0 Å². The lowest BCUT2D eigenvalue weighted by Crippen LogP contribution is -2.40. The molecule has 0 radical (unpaired) electrons. The molecule has 0 saturated heterocycles. The average molecular weight is 255 g/mol. The van der Waals surface area contributed by atoms with Gasteiger partial charge in [0.25, 0.3) is 5.91 Å². The Morgan fingerprint density at radius 1 is 1.17 bits per heavy atom. The predicted octanol–water partition coefficient (Wildman–Crippen LogP) is 1.46. The predicted molar refractivity (Wildman–Crippen MR) is 66.1 cm³/mol. The van der Waals surface area contributed by atoms with Crippen molar-refractivity contribution >= 4 is 17.7 Å². The fourth-order valence-corrected chi connectivity index (χ4v) is 2.41. The van der Waals surface area contributed by atoms with E-state index in [2.05, 4.69) is 0 Å². The zero-order chi connectivity index (χ0) is 13.5. The van der Waals surface area contributed by atoms with Gasteiger partial charge in [-0.15, -0.1) is 0 Å². The van der Waals surface area contributed by atoms with Crippen LogP contribution in [0.3, 0.4) is 0 Å². The van der Waals surface area contributed by atoms with Gasteiger partial charge in [0.2, 0.25) is 5.78 Å². The number of amides is 1. The summed E-state index contributed by atoms with van der Waals surface area (Å²) in [6.45, 7) is 1.88. The third kappa shape index (κ3) is 4.85. The number of Topliss-reactive ketones (excluding diaryl/α,β-unsaturated/α-hetero) is 1. The van der Waals surface area contributed by atoms with E-state index in [1.807, 2.05) is 0 Å². The van der Waals surface area contributed by atoms with Crippen molar-refractivity contribution in [3.63, 3.8) is 0 Å². The fourth-order valence-electron chi connectivity index (χ4n) is 2.41. The van der Waals surface area contributed by atoms with Gasteiger partial charge in [0.1, 0.15) is 0 Å². The second-order valence-corrected chi connectivity index (χ2v) is 4.96. The first-order valence-electron chi connectivity index (χ1n) is 6.52. The standard InChI is InChI=1S/C13H21NO4/c1-10(15)13(18)14(8-7-12(16)17)9-11-5-3-2-4-6-11/h11H,2-9H2,1H3,(H,16,17). The zero-order valence-electron chi connectivity index (χ0n) is 10.9. The summed E-state index contributed by atoms with van der Waals surface area (Å²) < 4.78 is 0. The van der Waals surface area contributed by atoms with Crippen molar-refractivity contribution in [3.8, 4) is 0 Å². The van der Waals surface area contributed by atoms with Gasteiger partial charge >= 0.3 is 5.97 Å². The molecule has 0 spiro atoms. The number of hydrogen-bond donors (Lipinski definition) is 1. The van der Waals surface area contributed by atoms with E-state index in [9.17, 15) is 14.4 Å². The van der Waals surface area contributed by atoms with Crippen molar-refractivity contribution in [1.29, 1.82) is 0 Å². The van der Waals surface area contributed by atoms with E-state index in [0.717, 1.165) is 25.7 Å². The summed E-state index contributed by atoms with van der Waals surface area (Å²) in [6.07, 6.45) is 5.57. The topological polar surface area (TPSA) is 74.7 Å². The normalized spacial score (nSPS) is 16.3. The molecule has 5 heteroatoms. The van der Waals surface area contributed by atoms with Crippen LogP contribution < -0.4 is 0 Å². The van der Waals surface area contributed by atoms with E-state index in [4.69, 9.17) is 5.11 Å². The van der Waals surface area contributed by atoms with E-state index in [1.165, 1.54) is 18.2 Å². The highest BCUT2D eigenvalue weighted by atomic mass is 16.4. The average Bonchev–Trinajstić information content (AvgIpc) is 2.34. The second kappa shape index (κ2) is 7.13. The molecule has 0 atom stereocenters. The monoisotopic (exact) mass is 255 g/mol. The number of carbonyl (C=O) groups is 3. The Kier molecular flexibility index (Phi) is 5.82. The Morgan fingerprint density at radius 2 is 1.78 bits per heavy atom. The minimum Gasteiger partial charge on any atom is -0.481 e. The first-order valence-corrected chi connectivity index (χ1v) is 6.52. The Labute approximate surface area is 107 Å². The van der Waals surface area contributed by atoms with Crippen LogP contribution in [0.25, 0.3) is 0 Å². The molecule has 1 N–H and O–H groups in total. The molecule has 1 rings (SSSR count). The maximum atomic E-state index is 11.7. The van der Waals surface area contributed by atoms with E-state index in [0.29, 0.717) is 12.5 Å². The molecular weight excluding hydrogens is 234 g/mol. The van der Waals surface area contributed by atoms with Gasteiger partial charge in [0, 0.05) is 20.0 Å². The van der Waals surface area contributed by atoms with Crippen LogP contribution >= 0.6 is 0 Å². The summed E-state index contributed by atoms with van der Waals surface area (Å²) in [4.78, 5) is 34.8. The lowest BCUT2D eigenvalue weighted by molar-refractivity contribution is -0.145. The molecule has 1 aliphatic rings. The summed E-state index contributed by atoms with van der Waals surface area (Å²) in [5.74, 6) is -1.60. The van der Waals surface area contributed by atoms with Crippen molar-refractivity contribution < 1.29 is 19.5 Å². The molecule has 1 fully saturated rings. The van der Waals surface area contributed by atoms with Crippen LogP contribution in [0.1, 0.15) is 45.4 Å². The Balaban J connectivity index is 2.54. The SMILES string of the molecule is CC(=O)C(=O)N(CCC(=O)O)CC1CCCCC1. The highest BCUT2D eigenvalue weighted by Gasteiger charge is 2.23. The van der Waals surface area contributed by atoms with E-state index >= 15 is 0 Å². The summed E-state index contributed by atoms with van der Waals surface area (Å²) >= 11 is 0. The van der Waals surface area contributed by atoms with E-state index < -0.39 is 17.7 Å². The van der Waals surface area contributed by atoms with Gasteiger partial charge in [0.05, 0.1) is 6.42 Å². The maximum Gasteiger partial charge on any atom is 0.305 e. The third-order valence-electron chi connectivity index (χ3n) is 3.39.